The maximum Gasteiger partial charge on any atom is 0.131 e. The Labute approximate surface area is 122 Å². The van der Waals surface area contributed by atoms with Crippen molar-refractivity contribution in [3.05, 3.63) is 57.5 Å². The van der Waals surface area contributed by atoms with Crippen LogP contribution in [-0.2, 0) is 5.33 Å². The first-order chi connectivity index (χ1) is 8.19. The molecule has 0 saturated carbocycles. The summed E-state index contributed by atoms with van der Waals surface area (Å²) in [6.07, 6.45) is 0. The van der Waals surface area contributed by atoms with Gasteiger partial charge >= 0.3 is 0 Å². The molecule has 0 unspecified atom stereocenters. The summed E-state index contributed by atoms with van der Waals surface area (Å²) >= 11 is 12.8. The van der Waals surface area contributed by atoms with Crippen molar-refractivity contribution < 1.29 is 4.74 Å². The number of benzene rings is 2. The molecule has 88 valence electrons. The van der Waals surface area contributed by atoms with Crippen LogP contribution in [-0.4, -0.2) is 0 Å². The number of alkyl halides is 1. The largest absolute Gasteiger partial charge is 0.457 e. The molecule has 0 fully saturated rings. The number of ether oxygens (including phenoxy) is 1. The van der Waals surface area contributed by atoms with Crippen LogP contribution in [0.15, 0.2) is 46.9 Å². The van der Waals surface area contributed by atoms with Crippen LogP contribution in [0.25, 0.3) is 0 Å². The third-order valence-corrected chi connectivity index (χ3v) is 3.52. The maximum absolute atomic E-state index is 5.91. The summed E-state index contributed by atoms with van der Waals surface area (Å²) in [5, 5.41) is 1.41. The molecule has 0 atom stereocenters. The molecule has 0 aliphatic rings. The Morgan fingerprint density at radius 1 is 1.12 bits per heavy atom. The predicted octanol–water partition coefficient (Wildman–Crippen LogP) is 5.79. The lowest BCUT2D eigenvalue weighted by Crippen LogP contribution is -1.89. The highest BCUT2D eigenvalue weighted by atomic mass is 79.9. The second kappa shape index (κ2) is 5.89. The first-order valence-electron chi connectivity index (χ1n) is 4.97. The fraction of sp³-hybridized carbons (Fsp3) is 0.0769. The summed E-state index contributed by atoms with van der Waals surface area (Å²) in [5.74, 6) is 1.56. The molecule has 0 bridgehead atoms. The molecule has 1 nitrogen and oxygen atoms in total. The van der Waals surface area contributed by atoms with E-state index in [0.717, 1.165) is 26.9 Å². The molecule has 2 aromatic carbocycles. The fourth-order valence-electron chi connectivity index (χ4n) is 1.41. The number of rotatable bonds is 3. The van der Waals surface area contributed by atoms with Gasteiger partial charge in [0, 0.05) is 20.4 Å². The van der Waals surface area contributed by atoms with Crippen molar-refractivity contribution in [3.8, 4) is 11.5 Å². The zero-order valence-electron chi connectivity index (χ0n) is 8.79. The highest BCUT2D eigenvalue weighted by Crippen LogP contribution is 2.30. The Kier molecular flexibility index (Phi) is 4.48. The molecule has 0 N–H and O–H groups in total. The standard InChI is InChI=1S/C13H9Br2ClO/c14-8-9-6-10(15)4-5-13(9)17-12-3-1-2-11(16)7-12/h1-7H,8H2. The lowest BCUT2D eigenvalue weighted by Gasteiger charge is -2.10. The van der Waals surface area contributed by atoms with E-state index in [1.807, 2.05) is 36.4 Å². The molecule has 0 aliphatic heterocycles. The molecule has 0 spiro atoms. The van der Waals surface area contributed by atoms with Crippen molar-refractivity contribution in [1.29, 1.82) is 0 Å². The molecular formula is C13H9Br2ClO. The predicted molar refractivity (Wildman–Crippen MR) is 78.3 cm³/mol. The molecule has 0 amide bonds. The van der Waals surface area contributed by atoms with Gasteiger partial charge in [0.05, 0.1) is 0 Å². The Balaban J connectivity index is 2.29. The van der Waals surface area contributed by atoms with E-state index in [1.54, 1.807) is 6.07 Å². The summed E-state index contributed by atoms with van der Waals surface area (Å²) in [7, 11) is 0. The second-order valence-electron chi connectivity index (χ2n) is 3.45. The molecule has 2 aromatic rings. The minimum atomic E-state index is 0.667. The monoisotopic (exact) mass is 374 g/mol. The van der Waals surface area contributed by atoms with Gasteiger partial charge < -0.3 is 4.74 Å². The van der Waals surface area contributed by atoms with Crippen LogP contribution < -0.4 is 4.74 Å². The van der Waals surface area contributed by atoms with Gasteiger partial charge in [-0.25, -0.2) is 0 Å². The minimum absolute atomic E-state index is 0.667. The molecule has 0 radical (unpaired) electrons. The van der Waals surface area contributed by atoms with Crippen LogP contribution in [0.3, 0.4) is 0 Å². The average molecular weight is 376 g/mol. The summed E-state index contributed by atoms with van der Waals surface area (Å²) in [5.41, 5.74) is 1.08. The van der Waals surface area contributed by atoms with E-state index >= 15 is 0 Å². The van der Waals surface area contributed by atoms with E-state index in [2.05, 4.69) is 31.9 Å². The molecule has 0 aliphatic carbocycles. The van der Waals surface area contributed by atoms with Crippen LogP contribution in [0.1, 0.15) is 5.56 Å². The average Bonchev–Trinajstić information content (AvgIpc) is 2.31. The zero-order valence-corrected chi connectivity index (χ0v) is 12.7. The zero-order chi connectivity index (χ0) is 12.3. The molecule has 2 rings (SSSR count). The highest BCUT2D eigenvalue weighted by Gasteiger charge is 2.05. The number of hydrogen-bond acceptors (Lipinski definition) is 1. The Morgan fingerprint density at radius 3 is 2.65 bits per heavy atom. The highest BCUT2D eigenvalue weighted by molar-refractivity contribution is 9.10. The van der Waals surface area contributed by atoms with Gasteiger partial charge in [0.1, 0.15) is 11.5 Å². The van der Waals surface area contributed by atoms with E-state index in [0.29, 0.717) is 5.02 Å². The quantitative estimate of drug-likeness (QED) is 0.616. The van der Waals surface area contributed by atoms with Gasteiger partial charge in [0.2, 0.25) is 0 Å². The third-order valence-electron chi connectivity index (χ3n) is 2.19. The molecule has 0 heterocycles. The van der Waals surface area contributed by atoms with Gasteiger partial charge in [-0.15, -0.1) is 0 Å². The number of halogens is 3. The van der Waals surface area contributed by atoms with Crippen LogP contribution in [0.4, 0.5) is 0 Å². The minimum Gasteiger partial charge on any atom is -0.457 e. The third kappa shape index (κ3) is 3.47. The van der Waals surface area contributed by atoms with Crippen molar-refractivity contribution in [3.63, 3.8) is 0 Å². The summed E-state index contributed by atoms with van der Waals surface area (Å²) in [6.45, 7) is 0. The van der Waals surface area contributed by atoms with E-state index in [4.69, 9.17) is 16.3 Å². The molecule has 0 saturated heterocycles. The summed E-state index contributed by atoms with van der Waals surface area (Å²) in [4.78, 5) is 0. The van der Waals surface area contributed by atoms with Gasteiger partial charge in [0.15, 0.2) is 0 Å². The molecule has 4 heteroatoms. The van der Waals surface area contributed by atoms with Crippen molar-refractivity contribution in [2.75, 3.05) is 0 Å². The number of hydrogen-bond donors (Lipinski definition) is 0. The Hall–Kier alpha value is -0.510. The van der Waals surface area contributed by atoms with Gasteiger partial charge in [-0.1, -0.05) is 49.5 Å². The first kappa shape index (κ1) is 12.9. The maximum atomic E-state index is 5.91. The summed E-state index contributed by atoms with van der Waals surface area (Å²) < 4.78 is 6.83. The summed E-state index contributed by atoms with van der Waals surface area (Å²) in [6, 6.07) is 13.3. The van der Waals surface area contributed by atoms with E-state index in [1.165, 1.54) is 0 Å². The van der Waals surface area contributed by atoms with Gasteiger partial charge in [0.25, 0.3) is 0 Å². The van der Waals surface area contributed by atoms with E-state index in [9.17, 15) is 0 Å². The SMILES string of the molecule is Clc1cccc(Oc2ccc(Br)cc2CBr)c1. The van der Waals surface area contributed by atoms with Crippen LogP contribution in [0.2, 0.25) is 5.02 Å². The van der Waals surface area contributed by atoms with Crippen molar-refractivity contribution in [2.45, 2.75) is 5.33 Å². The lowest BCUT2D eigenvalue weighted by atomic mass is 10.2. The van der Waals surface area contributed by atoms with Crippen molar-refractivity contribution in [2.24, 2.45) is 0 Å². The van der Waals surface area contributed by atoms with Crippen molar-refractivity contribution >= 4 is 43.5 Å². The molecule has 0 aromatic heterocycles. The van der Waals surface area contributed by atoms with E-state index in [-0.39, 0.29) is 0 Å². The van der Waals surface area contributed by atoms with E-state index < -0.39 is 0 Å². The normalized spacial score (nSPS) is 10.3. The Bertz CT molecular complexity index is 529. The van der Waals surface area contributed by atoms with Gasteiger partial charge in [-0.3, -0.25) is 0 Å². The fourth-order valence-corrected chi connectivity index (χ4v) is 2.44. The first-order valence-corrected chi connectivity index (χ1v) is 7.26. The van der Waals surface area contributed by atoms with Crippen LogP contribution in [0.5, 0.6) is 11.5 Å². The Morgan fingerprint density at radius 2 is 1.94 bits per heavy atom. The second-order valence-corrected chi connectivity index (χ2v) is 5.36. The van der Waals surface area contributed by atoms with Gasteiger partial charge in [-0.05, 0) is 36.4 Å². The lowest BCUT2D eigenvalue weighted by molar-refractivity contribution is 0.478. The van der Waals surface area contributed by atoms with Gasteiger partial charge in [-0.2, -0.15) is 0 Å². The van der Waals surface area contributed by atoms with Crippen LogP contribution >= 0.6 is 43.5 Å². The molecule has 17 heavy (non-hydrogen) atoms. The smallest absolute Gasteiger partial charge is 0.131 e. The van der Waals surface area contributed by atoms with Crippen molar-refractivity contribution in [1.82, 2.24) is 0 Å². The van der Waals surface area contributed by atoms with Crippen LogP contribution in [0, 0.1) is 0 Å². The molecular weight excluding hydrogens is 367 g/mol. The topological polar surface area (TPSA) is 9.23 Å².